The fraction of sp³-hybridized carbons (Fsp3) is 0.571. The molecule has 1 aliphatic heterocycles. The highest BCUT2D eigenvalue weighted by Gasteiger charge is 2.41. The van der Waals surface area contributed by atoms with E-state index in [0.29, 0.717) is 5.92 Å². The molecule has 2 nitrogen and oxygen atoms in total. The number of aryl methyl sites for hydroxylation is 1. The van der Waals surface area contributed by atoms with Crippen LogP contribution >= 0.6 is 0 Å². The minimum atomic E-state index is 0.0443. The molecule has 0 bridgehead atoms. The predicted octanol–water partition coefficient (Wildman–Crippen LogP) is 2.16. The lowest BCUT2D eigenvalue weighted by Crippen LogP contribution is -2.69. The maximum atomic E-state index is 6.29. The molecule has 88 valence electrons. The Labute approximate surface area is 98.4 Å². The highest BCUT2D eigenvalue weighted by atomic mass is 15.2. The van der Waals surface area contributed by atoms with E-state index in [1.807, 2.05) is 0 Å². The first kappa shape index (κ1) is 11.6. The number of likely N-dealkylation sites (tertiary alicyclic amines) is 1. The number of hydrogen-bond acceptors (Lipinski definition) is 2. The van der Waals surface area contributed by atoms with Gasteiger partial charge in [0.1, 0.15) is 0 Å². The smallest absolute Gasteiger partial charge is 0.0435 e. The summed E-state index contributed by atoms with van der Waals surface area (Å²) < 4.78 is 0. The van der Waals surface area contributed by atoms with E-state index in [9.17, 15) is 0 Å². The number of rotatable bonds is 3. The van der Waals surface area contributed by atoms with E-state index in [4.69, 9.17) is 5.73 Å². The standard InChI is InChI=1S/C14H22N2/c1-11(2)14(15)9-16(10-14)8-13-7-5-4-6-12(13)3/h4-7,11H,8-10,15H2,1-3H3. The second kappa shape index (κ2) is 4.19. The van der Waals surface area contributed by atoms with Crippen LogP contribution in [-0.4, -0.2) is 23.5 Å². The number of benzene rings is 1. The molecule has 1 aromatic carbocycles. The summed E-state index contributed by atoms with van der Waals surface area (Å²) in [4.78, 5) is 2.43. The largest absolute Gasteiger partial charge is 0.323 e. The van der Waals surface area contributed by atoms with Crippen molar-refractivity contribution in [3.8, 4) is 0 Å². The van der Waals surface area contributed by atoms with Gasteiger partial charge in [0.15, 0.2) is 0 Å². The van der Waals surface area contributed by atoms with Crippen LogP contribution < -0.4 is 5.73 Å². The first-order chi connectivity index (χ1) is 7.51. The van der Waals surface area contributed by atoms with E-state index in [0.717, 1.165) is 19.6 Å². The van der Waals surface area contributed by atoms with Crippen LogP contribution in [-0.2, 0) is 6.54 Å². The topological polar surface area (TPSA) is 29.3 Å². The normalized spacial score (nSPS) is 19.8. The van der Waals surface area contributed by atoms with Crippen molar-refractivity contribution in [2.45, 2.75) is 32.9 Å². The van der Waals surface area contributed by atoms with Crippen LogP contribution in [0.25, 0.3) is 0 Å². The summed E-state index contributed by atoms with van der Waals surface area (Å²) in [5, 5.41) is 0. The highest BCUT2D eigenvalue weighted by molar-refractivity contribution is 5.26. The van der Waals surface area contributed by atoms with Gasteiger partial charge in [0.05, 0.1) is 0 Å². The molecule has 16 heavy (non-hydrogen) atoms. The molecule has 2 rings (SSSR count). The maximum Gasteiger partial charge on any atom is 0.0435 e. The van der Waals surface area contributed by atoms with Crippen LogP contribution in [0, 0.1) is 12.8 Å². The molecular formula is C14H22N2. The Morgan fingerprint density at radius 2 is 1.94 bits per heavy atom. The SMILES string of the molecule is Cc1ccccc1CN1CC(N)(C(C)C)C1. The van der Waals surface area contributed by atoms with Crippen LogP contribution in [0.3, 0.4) is 0 Å². The quantitative estimate of drug-likeness (QED) is 0.842. The lowest BCUT2D eigenvalue weighted by atomic mass is 9.80. The zero-order chi connectivity index (χ0) is 11.8. The molecule has 1 heterocycles. The molecule has 0 aliphatic carbocycles. The van der Waals surface area contributed by atoms with Gasteiger partial charge < -0.3 is 5.73 Å². The van der Waals surface area contributed by atoms with Crippen LogP contribution in [0.15, 0.2) is 24.3 Å². The summed E-state index contributed by atoms with van der Waals surface area (Å²) in [6, 6.07) is 8.59. The fourth-order valence-electron chi connectivity index (χ4n) is 2.29. The third-order valence-electron chi connectivity index (χ3n) is 3.84. The van der Waals surface area contributed by atoms with E-state index >= 15 is 0 Å². The van der Waals surface area contributed by atoms with E-state index in [1.165, 1.54) is 11.1 Å². The van der Waals surface area contributed by atoms with Gasteiger partial charge in [-0.1, -0.05) is 38.1 Å². The van der Waals surface area contributed by atoms with E-state index in [-0.39, 0.29) is 5.54 Å². The molecule has 0 atom stereocenters. The summed E-state index contributed by atoms with van der Waals surface area (Å²) in [6.45, 7) is 9.69. The molecule has 1 aliphatic rings. The molecule has 2 N–H and O–H groups in total. The molecule has 1 fully saturated rings. The number of hydrogen-bond donors (Lipinski definition) is 1. The van der Waals surface area contributed by atoms with E-state index in [1.54, 1.807) is 0 Å². The average molecular weight is 218 g/mol. The third-order valence-corrected chi connectivity index (χ3v) is 3.84. The first-order valence-electron chi connectivity index (χ1n) is 6.07. The van der Waals surface area contributed by atoms with Crippen molar-refractivity contribution in [2.24, 2.45) is 11.7 Å². The van der Waals surface area contributed by atoms with Gasteiger partial charge in [-0.25, -0.2) is 0 Å². The van der Waals surface area contributed by atoms with Crippen LogP contribution in [0.2, 0.25) is 0 Å². The first-order valence-corrected chi connectivity index (χ1v) is 6.07. The summed E-state index contributed by atoms with van der Waals surface area (Å²) in [5.74, 6) is 0.570. The molecule has 2 heteroatoms. The Hall–Kier alpha value is -0.860. The molecule has 0 spiro atoms. The molecule has 1 aromatic rings. The van der Waals surface area contributed by atoms with Crippen molar-refractivity contribution in [1.29, 1.82) is 0 Å². The zero-order valence-corrected chi connectivity index (χ0v) is 10.5. The van der Waals surface area contributed by atoms with Crippen LogP contribution in [0.1, 0.15) is 25.0 Å². The van der Waals surface area contributed by atoms with Crippen molar-refractivity contribution >= 4 is 0 Å². The summed E-state index contributed by atoms with van der Waals surface area (Å²) >= 11 is 0. The van der Waals surface area contributed by atoms with E-state index in [2.05, 4.69) is 49.9 Å². The van der Waals surface area contributed by atoms with Crippen molar-refractivity contribution < 1.29 is 0 Å². The molecule has 1 saturated heterocycles. The lowest BCUT2D eigenvalue weighted by Gasteiger charge is -2.50. The van der Waals surface area contributed by atoms with Gasteiger partial charge in [-0.15, -0.1) is 0 Å². The van der Waals surface area contributed by atoms with Crippen LogP contribution in [0.5, 0.6) is 0 Å². The number of nitrogens with two attached hydrogens (primary N) is 1. The van der Waals surface area contributed by atoms with Gasteiger partial charge in [-0.3, -0.25) is 4.90 Å². The minimum Gasteiger partial charge on any atom is -0.323 e. The minimum absolute atomic E-state index is 0.0443. The van der Waals surface area contributed by atoms with Crippen molar-refractivity contribution in [3.63, 3.8) is 0 Å². The van der Waals surface area contributed by atoms with Gasteiger partial charge in [0.2, 0.25) is 0 Å². The Morgan fingerprint density at radius 1 is 1.31 bits per heavy atom. The van der Waals surface area contributed by atoms with Gasteiger partial charge in [-0.2, -0.15) is 0 Å². The fourth-order valence-corrected chi connectivity index (χ4v) is 2.29. The molecular weight excluding hydrogens is 196 g/mol. The maximum absolute atomic E-state index is 6.29. The third kappa shape index (κ3) is 2.13. The Bertz CT molecular complexity index is 365. The van der Waals surface area contributed by atoms with Gasteiger partial charge in [-0.05, 0) is 24.0 Å². The summed E-state index contributed by atoms with van der Waals surface area (Å²) in [5.41, 5.74) is 9.13. The van der Waals surface area contributed by atoms with E-state index < -0.39 is 0 Å². The summed E-state index contributed by atoms with van der Waals surface area (Å²) in [7, 11) is 0. The Balaban J connectivity index is 1.93. The van der Waals surface area contributed by atoms with Crippen molar-refractivity contribution in [3.05, 3.63) is 35.4 Å². The molecule has 0 unspecified atom stereocenters. The van der Waals surface area contributed by atoms with Crippen LogP contribution in [0.4, 0.5) is 0 Å². The Kier molecular flexibility index (Phi) is 3.04. The van der Waals surface area contributed by atoms with Crippen molar-refractivity contribution in [1.82, 2.24) is 4.90 Å². The highest BCUT2D eigenvalue weighted by Crippen LogP contribution is 2.27. The Morgan fingerprint density at radius 3 is 2.50 bits per heavy atom. The predicted molar refractivity (Wildman–Crippen MR) is 68.2 cm³/mol. The molecule has 0 radical (unpaired) electrons. The summed E-state index contributed by atoms with van der Waals surface area (Å²) in [6.07, 6.45) is 0. The second-order valence-corrected chi connectivity index (χ2v) is 5.46. The molecule has 0 saturated carbocycles. The lowest BCUT2D eigenvalue weighted by molar-refractivity contribution is 0.0312. The average Bonchev–Trinajstić information content (AvgIpc) is 2.18. The van der Waals surface area contributed by atoms with Gasteiger partial charge in [0, 0.05) is 25.2 Å². The molecule has 0 aromatic heterocycles. The van der Waals surface area contributed by atoms with Gasteiger partial charge >= 0.3 is 0 Å². The molecule has 0 amide bonds. The second-order valence-electron chi connectivity index (χ2n) is 5.46. The zero-order valence-electron chi connectivity index (χ0n) is 10.5. The van der Waals surface area contributed by atoms with Gasteiger partial charge in [0.25, 0.3) is 0 Å². The number of nitrogens with zero attached hydrogens (tertiary/aromatic N) is 1. The monoisotopic (exact) mass is 218 g/mol. The van der Waals surface area contributed by atoms with Crippen molar-refractivity contribution in [2.75, 3.05) is 13.1 Å².